The molecule has 0 spiro atoms. The number of aromatic nitrogens is 1. The van der Waals surface area contributed by atoms with E-state index in [1.807, 2.05) is 24.4 Å². The summed E-state index contributed by atoms with van der Waals surface area (Å²) in [6, 6.07) is 7.94. The van der Waals surface area contributed by atoms with Crippen LogP contribution < -0.4 is 5.73 Å². The maximum atomic E-state index is 6.21. The number of aryl methyl sites for hydroxylation is 1. The molecule has 1 aromatic heterocycles. The van der Waals surface area contributed by atoms with E-state index in [1.54, 1.807) is 0 Å². The maximum Gasteiger partial charge on any atom is 0.0502 e. The van der Waals surface area contributed by atoms with Gasteiger partial charge >= 0.3 is 0 Å². The van der Waals surface area contributed by atoms with Crippen molar-refractivity contribution in [3.63, 3.8) is 0 Å². The molecule has 0 aliphatic heterocycles. The van der Waals surface area contributed by atoms with Crippen molar-refractivity contribution >= 4 is 22.4 Å². The normalized spacial score (nSPS) is 10.9. The molecule has 3 heteroatoms. The van der Waals surface area contributed by atoms with Gasteiger partial charge in [-0.3, -0.25) is 4.98 Å². The molecule has 2 rings (SSSR count). The van der Waals surface area contributed by atoms with Gasteiger partial charge in [-0.05, 0) is 43.3 Å². The summed E-state index contributed by atoms with van der Waals surface area (Å²) in [4.78, 5) is 4.41. The fraction of sp³-hybridized carbons (Fsp3) is 0.308. The molecule has 0 amide bonds. The van der Waals surface area contributed by atoms with Crippen molar-refractivity contribution in [1.82, 2.24) is 4.98 Å². The quantitative estimate of drug-likeness (QED) is 0.826. The third kappa shape index (κ3) is 2.34. The van der Waals surface area contributed by atoms with Crippen molar-refractivity contribution in [2.24, 2.45) is 5.73 Å². The summed E-state index contributed by atoms with van der Waals surface area (Å²) < 4.78 is 0. The Morgan fingerprint density at radius 1 is 1.19 bits per heavy atom. The maximum absolute atomic E-state index is 6.21. The van der Waals surface area contributed by atoms with Crippen LogP contribution in [0.5, 0.6) is 0 Å². The minimum absolute atomic E-state index is 0.735. The Morgan fingerprint density at radius 2 is 2.06 bits per heavy atom. The van der Waals surface area contributed by atoms with Crippen LogP contribution in [-0.2, 0) is 6.42 Å². The van der Waals surface area contributed by atoms with E-state index in [2.05, 4.69) is 11.1 Å². The molecule has 0 fully saturated rings. The summed E-state index contributed by atoms with van der Waals surface area (Å²) in [5.74, 6) is 0. The lowest BCUT2D eigenvalue weighted by atomic mass is 10.1. The van der Waals surface area contributed by atoms with Gasteiger partial charge < -0.3 is 5.73 Å². The fourth-order valence-corrected chi connectivity index (χ4v) is 2.17. The molecule has 0 aliphatic rings. The highest BCUT2D eigenvalue weighted by atomic mass is 35.5. The van der Waals surface area contributed by atoms with Gasteiger partial charge in [0.2, 0.25) is 0 Å². The van der Waals surface area contributed by atoms with Crippen LogP contribution in [0.4, 0.5) is 0 Å². The molecule has 1 aromatic carbocycles. The Kier molecular flexibility index (Phi) is 3.75. The van der Waals surface area contributed by atoms with Gasteiger partial charge in [0.05, 0.1) is 5.02 Å². The summed E-state index contributed by atoms with van der Waals surface area (Å²) in [5, 5.41) is 3.03. The van der Waals surface area contributed by atoms with Crippen LogP contribution >= 0.6 is 11.6 Å². The smallest absolute Gasteiger partial charge is 0.0502 e. The topological polar surface area (TPSA) is 38.9 Å². The molecule has 2 nitrogen and oxygen atoms in total. The number of pyridine rings is 1. The lowest BCUT2D eigenvalue weighted by Crippen LogP contribution is -2.00. The van der Waals surface area contributed by atoms with Gasteiger partial charge in [-0.1, -0.05) is 23.7 Å². The summed E-state index contributed by atoms with van der Waals surface area (Å²) in [6.07, 6.45) is 4.88. The zero-order valence-corrected chi connectivity index (χ0v) is 9.87. The number of unbranched alkanes of at least 4 members (excludes halogenated alkanes) is 1. The molecular weight excluding hydrogens is 220 g/mol. The largest absolute Gasteiger partial charge is 0.330 e. The van der Waals surface area contributed by atoms with Crippen LogP contribution in [0, 0.1) is 0 Å². The second-order valence-corrected chi connectivity index (χ2v) is 4.25. The van der Waals surface area contributed by atoms with Crippen LogP contribution in [0.2, 0.25) is 5.02 Å². The first-order valence-electron chi connectivity index (χ1n) is 5.55. The van der Waals surface area contributed by atoms with E-state index in [0.29, 0.717) is 0 Å². The van der Waals surface area contributed by atoms with Gasteiger partial charge in [0.25, 0.3) is 0 Å². The van der Waals surface area contributed by atoms with Crippen molar-refractivity contribution in [3.05, 3.63) is 41.2 Å². The van der Waals surface area contributed by atoms with E-state index in [-0.39, 0.29) is 0 Å². The lowest BCUT2D eigenvalue weighted by molar-refractivity contribution is 0.736. The molecule has 0 atom stereocenters. The zero-order chi connectivity index (χ0) is 11.4. The van der Waals surface area contributed by atoms with Crippen LogP contribution in [0.25, 0.3) is 10.8 Å². The number of benzene rings is 1. The first-order chi connectivity index (χ1) is 7.83. The highest BCUT2D eigenvalue weighted by Gasteiger charge is 2.05. The third-order valence-corrected chi connectivity index (χ3v) is 3.00. The molecule has 16 heavy (non-hydrogen) atoms. The number of nitrogens with zero attached hydrogens (tertiary/aromatic N) is 1. The van der Waals surface area contributed by atoms with E-state index < -0.39 is 0 Å². The standard InChI is InChI=1S/C13H15ClN2/c14-11-5-3-4-10-7-9-16-12(13(10)11)6-1-2-8-15/h3-5,7,9H,1-2,6,8,15H2. The number of halogens is 1. The second-order valence-electron chi connectivity index (χ2n) is 3.84. The van der Waals surface area contributed by atoms with Gasteiger partial charge in [0.1, 0.15) is 0 Å². The molecule has 0 aliphatic carbocycles. The Balaban J connectivity index is 2.37. The van der Waals surface area contributed by atoms with Crippen LogP contribution in [-0.4, -0.2) is 11.5 Å². The van der Waals surface area contributed by atoms with E-state index in [1.165, 1.54) is 0 Å². The summed E-state index contributed by atoms with van der Waals surface area (Å²) in [6.45, 7) is 0.735. The summed E-state index contributed by atoms with van der Waals surface area (Å²) in [5.41, 5.74) is 6.57. The third-order valence-electron chi connectivity index (χ3n) is 2.69. The molecule has 2 aromatic rings. The zero-order valence-electron chi connectivity index (χ0n) is 9.12. The van der Waals surface area contributed by atoms with Gasteiger partial charge in [-0.2, -0.15) is 0 Å². The second kappa shape index (κ2) is 5.28. The van der Waals surface area contributed by atoms with Gasteiger partial charge in [0.15, 0.2) is 0 Å². The molecule has 0 saturated heterocycles. The molecule has 0 radical (unpaired) electrons. The number of fused-ring (bicyclic) bond motifs is 1. The average molecular weight is 235 g/mol. The molecule has 0 saturated carbocycles. The van der Waals surface area contributed by atoms with Crippen molar-refractivity contribution < 1.29 is 0 Å². The Labute approximate surface area is 100 Å². The fourth-order valence-electron chi connectivity index (χ4n) is 1.88. The lowest BCUT2D eigenvalue weighted by Gasteiger charge is -2.06. The first-order valence-corrected chi connectivity index (χ1v) is 5.93. The number of nitrogens with two attached hydrogens (primary N) is 1. The molecule has 1 heterocycles. The van der Waals surface area contributed by atoms with E-state index in [9.17, 15) is 0 Å². The highest BCUT2D eigenvalue weighted by Crippen LogP contribution is 2.26. The summed E-state index contributed by atoms with van der Waals surface area (Å²) >= 11 is 6.21. The number of hydrogen-bond acceptors (Lipinski definition) is 2. The predicted molar refractivity (Wildman–Crippen MR) is 68.7 cm³/mol. The first kappa shape index (κ1) is 11.4. The van der Waals surface area contributed by atoms with Crippen LogP contribution in [0.3, 0.4) is 0 Å². The van der Waals surface area contributed by atoms with Crippen molar-refractivity contribution in [2.75, 3.05) is 6.54 Å². The summed E-state index contributed by atoms with van der Waals surface area (Å²) in [7, 11) is 0. The van der Waals surface area contributed by atoms with Crippen LogP contribution in [0.15, 0.2) is 30.5 Å². The van der Waals surface area contributed by atoms with E-state index in [0.717, 1.165) is 47.3 Å². The molecular formula is C13H15ClN2. The molecule has 0 bridgehead atoms. The monoisotopic (exact) mass is 234 g/mol. The van der Waals surface area contributed by atoms with Gasteiger partial charge in [0, 0.05) is 17.3 Å². The van der Waals surface area contributed by atoms with E-state index in [4.69, 9.17) is 17.3 Å². The average Bonchev–Trinajstić information content (AvgIpc) is 2.30. The molecule has 84 valence electrons. The molecule has 0 unspecified atom stereocenters. The van der Waals surface area contributed by atoms with E-state index >= 15 is 0 Å². The SMILES string of the molecule is NCCCCc1nccc2cccc(Cl)c12. The Bertz CT molecular complexity index is 477. The van der Waals surface area contributed by atoms with Gasteiger partial charge in [-0.15, -0.1) is 0 Å². The van der Waals surface area contributed by atoms with Crippen molar-refractivity contribution in [3.8, 4) is 0 Å². The Hall–Kier alpha value is -1.12. The minimum atomic E-state index is 0.735. The van der Waals surface area contributed by atoms with Crippen molar-refractivity contribution in [1.29, 1.82) is 0 Å². The number of hydrogen-bond donors (Lipinski definition) is 1. The number of rotatable bonds is 4. The van der Waals surface area contributed by atoms with Crippen molar-refractivity contribution in [2.45, 2.75) is 19.3 Å². The molecule has 2 N–H and O–H groups in total. The predicted octanol–water partition coefficient (Wildman–Crippen LogP) is 3.17. The Morgan fingerprint density at radius 3 is 2.88 bits per heavy atom. The van der Waals surface area contributed by atoms with Gasteiger partial charge in [-0.25, -0.2) is 0 Å². The highest BCUT2D eigenvalue weighted by molar-refractivity contribution is 6.35. The van der Waals surface area contributed by atoms with Crippen LogP contribution in [0.1, 0.15) is 18.5 Å². The minimum Gasteiger partial charge on any atom is -0.330 e.